The Morgan fingerprint density at radius 1 is 0.952 bits per heavy atom. The molecule has 212 valence electrons. The van der Waals surface area contributed by atoms with Gasteiger partial charge < -0.3 is 24.7 Å². The maximum Gasteiger partial charge on any atom is 0.349 e. The molecular formula is C33H26Cl2N2O5. The SMILES string of the molecule is Cc1cccc(C)c1OCC(=O)Oc1ccc2c(c1)OC(N)=C(C#N)C2c1ccc(OCc2ccc(Cl)cc2Cl)cc1. The number of esters is 1. The molecule has 0 spiro atoms. The van der Waals surface area contributed by atoms with E-state index in [-0.39, 0.29) is 30.4 Å². The number of hydrogen-bond acceptors (Lipinski definition) is 7. The minimum atomic E-state index is -0.568. The van der Waals surface area contributed by atoms with Gasteiger partial charge in [0, 0.05) is 27.2 Å². The van der Waals surface area contributed by atoms with Crippen LogP contribution in [0.15, 0.2) is 90.3 Å². The van der Waals surface area contributed by atoms with Crippen LogP contribution >= 0.6 is 23.2 Å². The molecule has 0 fully saturated rings. The third-order valence-electron chi connectivity index (χ3n) is 6.79. The van der Waals surface area contributed by atoms with Crippen molar-refractivity contribution in [3.8, 4) is 29.1 Å². The summed E-state index contributed by atoms with van der Waals surface area (Å²) >= 11 is 12.2. The van der Waals surface area contributed by atoms with Crippen LogP contribution < -0.4 is 24.7 Å². The second kappa shape index (κ2) is 12.5. The van der Waals surface area contributed by atoms with Crippen molar-refractivity contribution in [2.45, 2.75) is 26.4 Å². The molecule has 0 aliphatic carbocycles. The van der Waals surface area contributed by atoms with Crippen molar-refractivity contribution in [2.24, 2.45) is 5.73 Å². The summed E-state index contributed by atoms with van der Waals surface area (Å²) in [5, 5.41) is 11.0. The van der Waals surface area contributed by atoms with E-state index in [1.165, 1.54) is 0 Å². The maximum atomic E-state index is 12.5. The molecule has 42 heavy (non-hydrogen) atoms. The van der Waals surface area contributed by atoms with E-state index >= 15 is 0 Å². The average Bonchev–Trinajstić information content (AvgIpc) is 2.96. The number of ether oxygens (including phenoxy) is 4. The zero-order chi connectivity index (χ0) is 29.8. The molecule has 9 heteroatoms. The van der Waals surface area contributed by atoms with E-state index in [2.05, 4.69) is 6.07 Å². The number of halogens is 2. The molecule has 0 aromatic heterocycles. The quantitative estimate of drug-likeness (QED) is 0.166. The zero-order valence-electron chi connectivity index (χ0n) is 22.8. The van der Waals surface area contributed by atoms with E-state index in [0.29, 0.717) is 32.9 Å². The Morgan fingerprint density at radius 2 is 1.67 bits per heavy atom. The summed E-state index contributed by atoms with van der Waals surface area (Å²) in [4.78, 5) is 12.5. The normalized spacial score (nSPS) is 13.9. The van der Waals surface area contributed by atoms with Crippen LogP contribution in [0.1, 0.15) is 33.7 Å². The van der Waals surface area contributed by atoms with Crippen LogP contribution in [-0.2, 0) is 11.4 Å². The standard InChI is InChI=1S/C33H26Cl2N2O5/c1-19-4-3-5-20(2)32(19)40-18-30(38)41-25-12-13-26-29(15-25)42-33(37)27(16-36)31(26)21-7-10-24(11-8-21)39-17-22-6-9-23(34)14-28(22)35/h3-15,31H,17-18,37H2,1-2H3. The third kappa shape index (κ3) is 6.31. The van der Waals surface area contributed by atoms with Gasteiger partial charge in [0.15, 0.2) is 6.61 Å². The fourth-order valence-corrected chi connectivity index (χ4v) is 5.18. The highest BCUT2D eigenvalue weighted by molar-refractivity contribution is 6.35. The Kier molecular flexibility index (Phi) is 8.58. The third-order valence-corrected chi connectivity index (χ3v) is 7.38. The second-order valence-corrected chi connectivity index (χ2v) is 10.5. The van der Waals surface area contributed by atoms with Crippen molar-refractivity contribution in [1.82, 2.24) is 0 Å². The Hall–Kier alpha value is -4.64. The van der Waals surface area contributed by atoms with E-state index in [4.69, 9.17) is 47.9 Å². The van der Waals surface area contributed by atoms with Crippen LogP contribution in [0.3, 0.4) is 0 Å². The van der Waals surface area contributed by atoms with E-state index in [0.717, 1.165) is 22.3 Å². The van der Waals surface area contributed by atoms with Crippen LogP contribution in [0.4, 0.5) is 0 Å². The molecule has 4 aromatic carbocycles. The Balaban J connectivity index is 1.31. The zero-order valence-corrected chi connectivity index (χ0v) is 24.3. The molecule has 2 N–H and O–H groups in total. The van der Waals surface area contributed by atoms with Gasteiger partial charge in [-0.25, -0.2) is 4.79 Å². The number of rotatable bonds is 8. The number of nitrogens with two attached hydrogens (primary N) is 1. The summed E-state index contributed by atoms with van der Waals surface area (Å²) in [7, 11) is 0. The van der Waals surface area contributed by atoms with Crippen molar-refractivity contribution < 1.29 is 23.7 Å². The molecule has 0 saturated heterocycles. The maximum absolute atomic E-state index is 12.5. The Bertz CT molecular complexity index is 1710. The first-order valence-corrected chi connectivity index (χ1v) is 13.8. The first-order valence-electron chi connectivity index (χ1n) is 13.0. The largest absolute Gasteiger partial charge is 0.489 e. The highest BCUT2D eigenvalue weighted by Crippen LogP contribution is 2.43. The molecule has 1 heterocycles. The van der Waals surface area contributed by atoms with Gasteiger partial charge in [-0.3, -0.25) is 0 Å². The van der Waals surface area contributed by atoms with Gasteiger partial charge in [-0.1, -0.05) is 65.7 Å². The van der Waals surface area contributed by atoms with Crippen LogP contribution in [0.5, 0.6) is 23.0 Å². The number of carbonyl (C=O) groups excluding carboxylic acids is 1. The van der Waals surface area contributed by atoms with Gasteiger partial charge in [0.1, 0.15) is 41.2 Å². The number of carbonyl (C=O) groups is 1. The lowest BCUT2D eigenvalue weighted by atomic mass is 9.83. The van der Waals surface area contributed by atoms with Crippen LogP contribution in [-0.4, -0.2) is 12.6 Å². The average molecular weight is 601 g/mol. The van der Waals surface area contributed by atoms with Gasteiger partial charge in [0.05, 0.1) is 5.92 Å². The van der Waals surface area contributed by atoms with Gasteiger partial charge >= 0.3 is 5.97 Å². The van der Waals surface area contributed by atoms with Crippen molar-refractivity contribution >= 4 is 29.2 Å². The van der Waals surface area contributed by atoms with Crippen LogP contribution in [0.25, 0.3) is 0 Å². The fourth-order valence-electron chi connectivity index (χ4n) is 4.72. The minimum Gasteiger partial charge on any atom is -0.489 e. The molecule has 0 bridgehead atoms. The number of benzene rings is 4. The number of allylic oxidation sites excluding steroid dienone is 1. The van der Waals surface area contributed by atoms with Crippen LogP contribution in [0, 0.1) is 25.2 Å². The molecule has 0 radical (unpaired) electrons. The van der Waals surface area contributed by atoms with Crippen molar-refractivity contribution in [2.75, 3.05) is 6.61 Å². The number of para-hydroxylation sites is 1. The number of nitriles is 1. The van der Waals surface area contributed by atoms with E-state index in [9.17, 15) is 10.1 Å². The summed E-state index contributed by atoms with van der Waals surface area (Å²) in [6, 6.07) is 25.5. The molecule has 7 nitrogen and oxygen atoms in total. The number of aryl methyl sites for hydroxylation is 2. The monoisotopic (exact) mass is 600 g/mol. The summed E-state index contributed by atoms with van der Waals surface area (Å²) in [6.07, 6.45) is 0. The van der Waals surface area contributed by atoms with Gasteiger partial charge in [0.25, 0.3) is 0 Å². The lowest BCUT2D eigenvalue weighted by Crippen LogP contribution is -2.22. The highest BCUT2D eigenvalue weighted by atomic mass is 35.5. The first kappa shape index (κ1) is 28.9. The molecule has 1 aliphatic heterocycles. The molecular weight excluding hydrogens is 575 g/mol. The van der Waals surface area contributed by atoms with E-state index in [1.807, 2.05) is 62.4 Å². The Morgan fingerprint density at radius 3 is 2.36 bits per heavy atom. The Labute approximate surface area is 253 Å². The van der Waals surface area contributed by atoms with Gasteiger partial charge in [0.2, 0.25) is 5.88 Å². The van der Waals surface area contributed by atoms with Gasteiger partial charge in [-0.15, -0.1) is 0 Å². The van der Waals surface area contributed by atoms with E-state index in [1.54, 1.807) is 30.3 Å². The summed E-state index contributed by atoms with van der Waals surface area (Å²) in [6.45, 7) is 3.83. The number of hydrogen-bond donors (Lipinski definition) is 1. The van der Waals surface area contributed by atoms with Crippen molar-refractivity contribution in [3.05, 3.63) is 128 Å². The smallest absolute Gasteiger partial charge is 0.349 e. The number of fused-ring (bicyclic) bond motifs is 1. The lowest BCUT2D eigenvalue weighted by molar-refractivity contribution is -0.136. The predicted molar refractivity (Wildman–Crippen MR) is 160 cm³/mol. The molecule has 4 aromatic rings. The van der Waals surface area contributed by atoms with Crippen LogP contribution in [0.2, 0.25) is 10.0 Å². The van der Waals surface area contributed by atoms with Crippen molar-refractivity contribution in [1.29, 1.82) is 5.26 Å². The second-order valence-electron chi connectivity index (χ2n) is 9.70. The molecule has 1 atom stereocenters. The summed E-state index contributed by atoms with van der Waals surface area (Å²) in [5.74, 6) is 0.846. The number of nitrogens with zero attached hydrogens (tertiary/aromatic N) is 1. The molecule has 1 unspecified atom stereocenters. The molecule has 1 aliphatic rings. The highest BCUT2D eigenvalue weighted by Gasteiger charge is 2.31. The fraction of sp³-hybridized carbons (Fsp3) is 0.152. The minimum absolute atomic E-state index is 0.0189. The van der Waals surface area contributed by atoms with Crippen molar-refractivity contribution in [3.63, 3.8) is 0 Å². The van der Waals surface area contributed by atoms with Gasteiger partial charge in [-0.05, 0) is 60.9 Å². The summed E-state index contributed by atoms with van der Waals surface area (Å²) in [5.41, 5.74) is 10.6. The molecule has 0 saturated carbocycles. The summed E-state index contributed by atoms with van der Waals surface area (Å²) < 4.78 is 22.9. The predicted octanol–water partition coefficient (Wildman–Crippen LogP) is 7.39. The van der Waals surface area contributed by atoms with Gasteiger partial charge in [-0.2, -0.15) is 5.26 Å². The lowest BCUT2D eigenvalue weighted by Gasteiger charge is -2.27. The molecule has 0 amide bonds. The molecule has 5 rings (SSSR count). The van der Waals surface area contributed by atoms with E-state index < -0.39 is 11.9 Å². The first-order chi connectivity index (χ1) is 20.2. The topological polar surface area (TPSA) is 104 Å².